The third kappa shape index (κ3) is 13.2. The van der Waals surface area contributed by atoms with Crippen molar-refractivity contribution < 1.29 is 24.3 Å². The number of nitrogens with one attached hydrogen (secondary N) is 2. The van der Waals surface area contributed by atoms with Gasteiger partial charge in [-0.2, -0.15) is 5.26 Å². The molecule has 1 aliphatic heterocycles. The molecular weight excluding hydrogens is 450 g/mol. The van der Waals surface area contributed by atoms with Gasteiger partial charge in [0.15, 0.2) is 0 Å². The van der Waals surface area contributed by atoms with E-state index in [2.05, 4.69) is 31.4 Å². The highest BCUT2D eigenvalue weighted by Crippen LogP contribution is 2.24. The summed E-state index contributed by atoms with van der Waals surface area (Å²) in [4.78, 5) is 49.3. The van der Waals surface area contributed by atoms with Crippen LogP contribution in [0.25, 0.3) is 0 Å². The molecule has 194 valence electrons. The Morgan fingerprint density at radius 2 is 1.86 bits per heavy atom. The van der Waals surface area contributed by atoms with Gasteiger partial charge in [0.2, 0.25) is 17.7 Å². The molecule has 2 atom stereocenters. The SMILES string of the molecule is CC(C)C.CN(CC(=O)N1CC(C(=O)Nc2ccccc2)CC1C#N)C(=O)CC=O.CNCCO. The van der Waals surface area contributed by atoms with Crippen LogP contribution in [0.15, 0.2) is 30.3 Å². The Hall–Kier alpha value is -3.29. The number of amides is 3. The zero-order valence-electron chi connectivity index (χ0n) is 21.4. The van der Waals surface area contributed by atoms with Gasteiger partial charge in [-0.05, 0) is 31.5 Å². The number of carbonyl (C=O) groups excluding carboxylic acids is 4. The zero-order chi connectivity index (χ0) is 26.8. The molecule has 10 heteroatoms. The quantitative estimate of drug-likeness (QED) is 0.369. The molecule has 1 aliphatic rings. The van der Waals surface area contributed by atoms with E-state index in [0.29, 0.717) is 18.5 Å². The summed E-state index contributed by atoms with van der Waals surface area (Å²) < 4.78 is 0. The van der Waals surface area contributed by atoms with Crippen LogP contribution in [0.3, 0.4) is 0 Å². The molecule has 10 nitrogen and oxygen atoms in total. The van der Waals surface area contributed by atoms with Gasteiger partial charge in [-0.15, -0.1) is 0 Å². The first kappa shape index (κ1) is 31.7. The minimum Gasteiger partial charge on any atom is -0.395 e. The summed E-state index contributed by atoms with van der Waals surface area (Å²) in [6, 6.07) is 10.3. The molecule has 1 saturated heterocycles. The smallest absolute Gasteiger partial charge is 0.243 e. The van der Waals surface area contributed by atoms with E-state index in [0.717, 1.165) is 10.8 Å². The van der Waals surface area contributed by atoms with Crippen LogP contribution >= 0.6 is 0 Å². The number of likely N-dealkylation sites (tertiary alicyclic amines) is 1. The third-order valence-electron chi connectivity index (χ3n) is 4.60. The van der Waals surface area contributed by atoms with Crippen molar-refractivity contribution in [3.63, 3.8) is 0 Å². The number of aliphatic hydroxyl groups excluding tert-OH is 1. The van der Waals surface area contributed by atoms with Gasteiger partial charge >= 0.3 is 0 Å². The van der Waals surface area contributed by atoms with E-state index < -0.39 is 23.8 Å². The van der Waals surface area contributed by atoms with E-state index in [1.54, 1.807) is 31.3 Å². The average Bonchev–Trinajstić information content (AvgIpc) is 3.25. The van der Waals surface area contributed by atoms with Crippen molar-refractivity contribution >= 4 is 29.7 Å². The topological polar surface area (TPSA) is 143 Å². The number of benzene rings is 1. The van der Waals surface area contributed by atoms with Crippen LogP contribution in [0.1, 0.15) is 33.6 Å². The zero-order valence-corrected chi connectivity index (χ0v) is 21.4. The Bertz CT molecular complexity index is 821. The lowest BCUT2D eigenvalue weighted by Gasteiger charge is -2.23. The second-order valence-corrected chi connectivity index (χ2v) is 8.66. The van der Waals surface area contributed by atoms with Crippen LogP contribution in [0.4, 0.5) is 5.69 Å². The normalized spacial score (nSPS) is 16.1. The molecule has 0 radical (unpaired) electrons. The largest absolute Gasteiger partial charge is 0.395 e. The van der Waals surface area contributed by atoms with Crippen molar-refractivity contribution in [2.24, 2.45) is 11.8 Å². The van der Waals surface area contributed by atoms with Gasteiger partial charge in [-0.1, -0.05) is 39.0 Å². The molecule has 35 heavy (non-hydrogen) atoms. The molecule has 0 bridgehead atoms. The fraction of sp³-hybridized carbons (Fsp3) is 0.560. The molecule has 1 aromatic rings. The van der Waals surface area contributed by atoms with Crippen LogP contribution in [0, 0.1) is 23.2 Å². The maximum absolute atomic E-state index is 12.4. The number of carbonyl (C=O) groups is 4. The highest BCUT2D eigenvalue weighted by atomic mass is 16.3. The second kappa shape index (κ2) is 18.1. The number of likely N-dealkylation sites (N-methyl/N-ethyl adjacent to an activating group) is 2. The molecule has 0 aliphatic carbocycles. The molecule has 1 fully saturated rings. The molecule has 0 spiro atoms. The summed E-state index contributed by atoms with van der Waals surface area (Å²) in [5.74, 6) is -0.815. The monoisotopic (exact) mass is 489 g/mol. The van der Waals surface area contributed by atoms with Crippen molar-refractivity contribution in [3.8, 4) is 6.07 Å². The van der Waals surface area contributed by atoms with Crippen LogP contribution in [0.2, 0.25) is 0 Å². The van der Waals surface area contributed by atoms with Gasteiger partial charge in [-0.25, -0.2) is 0 Å². The van der Waals surface area contributed by atoms with Crippen LogP contribution in [0.5, 0.6) is 0 Å². The van der Waals surface area contributed by atoms with E-state index in [4.69, 9.17) is 5.11 Å². The first-order valence-corrected chi connectivity index (χ1v) is 11.6. The minimum absolute atomic E-state index is 0.117. The number of hydrogen-bond acceptors (Lipinski definition) is 7. The van der Waals surface area contributed by atoms with E-state index in [9.17, 15) is 24.4 Å². The molecule has 2 rings (SSSR count). The Balaban J connectivity index is 0.00000110. The first-order valence-electron chi connectivity index (χ1n) is 11.6. The van der Waals surface area contributed by atoms with E-state index in [1.807, 2.05) is 12.1 Å². The average molecular weight is 490 g/mol. The van der Waals surface area contributed by atoms with E-state index in [1.165, 1.54) is 11.9 Å². The van der Waals surface area contributed by atoms with Gasteiger partial charge in [-0.3, -0.25) is 14.4 Å². The lowest BCUT2D eigenvalue weighted by molar-refractivity contribution is -0.140. The number of nitriles is 1. The summed E-state index contributed by atoms with van der Waals surface area (Å²) >= 11 is 0. The predicted octanol–water partition coefficient (Wildman–Crippen LogP) is 1.27. The highest BCUT2D eigenvalue weighted by molar-refractivity contribution is 5.94. The Kier molecular flexibility index (Phi) is 16.4. The molecule has 1 heterocycles. The van der Waals surface area contributed by atoms with Gasteiger partial charge in [0.25, 0.3) is 0 Å². The molecule has 3 amide bonds. The molecule has 0 saturated carbocycles. The number of nitrogens with zero attached hydrogens (tertiary/aromatic N) is 3. The van der Waals surface area contributed by atoms with Crippen molar-refractivity contribution in [1.82, 2.24) is 15.1 Å². The fourth-order valence-corrected chi connectivity index (χ4v) is 2.91. The number of anilines is 1. The number of rotatable bonds is 8. The van der Waals surface area contributed by atoms with E-state index >= 15 is 0 Å². The number of aldehydes is 1. The predicted molar refractivity (Wildman–Crippen MR) is 134 cm³/mol. The van der Waals surface area contributed by atoms with Crippen LogP contribution in [-0.2, 0) is 19.2 Å². The van der Waals surface area contributed by atoms with Crippen molar-refractivity contribution in [3.05, 3.63) is 30.3 Å². The Morgan fingerprint density at radius 1 is 1.26 bits per heavy atom. The molecule has 0 aromatic heterocycles. The standard InChI is InChI=1S/C18H20N4O4.C4H10.C3H9NO/c1-21(16(24)7-8-23)12-17(25)22-11-13(9-15(22)10-19)18(26)20-14-5-3-2-4-6-14;1-4(2)3;1-4-2-3-5/h2-6,8,13,15H,7,9,11-12H2,1H3,(H,20,26);4H,1-3H3;4-5H,2-3H2,1H3. The highest BCUT2D eigenvalue weighted by Gasteiger charge is 2.39. The molecule has 3 N–H and O–H groups in total. The number of hydrogen-bond donors (Lipinski definition) is 3. The summed E-state index contributed by atoms with van der Waals surface area (Å²) in [6.45, 7) is 7.31. The Labute approximate surface area is 208 Å². The maximum Gasteiger partial charge on any atom is 0.243 e. The van der Waals surface area contributed by atoms with Crippen LogP contribution in [-0.4, -0.2) is 85.3 Å². The molecule has 1 aromatic carbocycles. The lowest BCUT2D eigenvalue weighted by atomic mass is 10.1. The third-order valence-corrected chi connectivity index (χ3v) is 4.60. The molecule has 2 unspecified atom stereocenters. The summed E-state index contributed by atoms with van der Waals surface area (Å²) in [7, 11) is 3.22. The van der Waals surface area contributed by atoms with Crippen molar-refractivity contribution in [1.29, 1.82) is 5.26 Å². The Morgan fingerprint density at radius 3 is 2.31 bits per heavy atom. The summed E-state index contributed by atoms with van der Waals surface area (Å²) in [6.07, 6.45) is 0.418. The second-order valence-electron chi connectivity index (χ2n) is 8.66. The molecular formula is C25H39N5O5. The fourth-order valence-electron chi connectivity index (χ4n) is 2.91. The number of para-hydroxylation sites is 1. The minimum atomic E-state index is -0.719. The van der Waals surface area contributed by atoms with Crippen molar-refractivity contribution in [2.75, 3.05) is 45.7 Å². The van der Waals surface area contributed by atoms with Crippen LogP contribution < -0.4 is 10.6 Å². The maximum atomic E-state index is 12.4. The summed E-state index contributed by atoms with van der Waals surface area (Å²) in [5.41, 5.74) is 0.648. The van der Waals surface area contributed by atoms with E-state index in [-0.39, 0.29) is 38.4 Å². The lowest BCUT2D eigenvalue weighted by Crippen LogP contribution is -2.43. The van der Waals surface area contributed by atoms with Gasteiger partial charge in [0.05, 0.1) is 31.6 Å². The first-order chi connectivity index (χ1) is 16.6. The summed E-state index contributed by atoms with van der Waals surface area (Å²) in [5, 5.41) is 22.8. The van der Waals surface area contributed by atoms with Gasteiger partial charge in [0.1, 0.15) is 12.3 Å². The van der Waals surface area contributed by atoms with Crippen molar-refractivity contribution in [2.45, 2.75) is 39.7 Å². The van der Waals surface area contributed by atoms with Gasteiger partial charge in [0, 0.05) is 25.8 Å². The number of aliphatic hydroxyl groups is 1. The van der Waals surface area contributed by atoms with Gasteiger partial charge < -0.3 is 30.3 Å².